The minimum absolute atomic E-state index is 0.501. The fraction of sp³-hybridized carbons (Fsp3) is 0.250. The van der Waals surface area contributed by atoms with Crippen LogP contribution in [-0.4, -0.2) is 22.7 Å². The summed E-state index contributed by atoms with van der Waals surface area (Å²) in [6.45, 7) is 0. The van der Waals surface area contributed by atoms with Crippen molar-refractivity contribution >= 4 is 13.7 Å². The summed E-state index contributed by atoms with van der Waals surface area (Å²) in [5.74, 6) is -0.501. The summed E-state index contributed by atoms with van der Waals surface area (Å²) in [6, 6.07) is 0. The molecule has 0 saturated carbocycles. The van der Waals surface area contributed by atoms with Gasteiger partial charge in [-0.15, -0.1) is 0 Å². The Morgan fingerprint density at radius 2 is 2.18 bits per heavy atom. The first-order valence-electron chi connectivity index (χ1n) is 2.58. The van der Waals surface area contributed by atoms with E-state index in [1.807, 2.05) is 0 Å². The average Bonchev–Trinajstić information content (AvgIpc) is 1.85. The fourth-order valence-electron chi connectivity index (χ4n) is 0.255. The fourth-order valence-corrected chi connectivity index (χ4v) is 0.474. The molecule has 11 heavy (non-hydrogen) atoms. The number of carbonyl (C=O) groups excluding carboxylic acids is 1. The molecule has 0 bridgehead atoms. The third-order valence-electron chi connectivity index (χ3n) is 0.664. The Bertz CT molecular complexity index is 207. The van der Waals surface area contributed by atoms with Crippen LogP contribution >= 0.6 is 7.82 Å². The molecule has 0 rings (SSSR count). The van der Waals surface area contributed by atoms with E-state index >= 15 is 0 Å². The largest absolute Gasteiger partial charge is 0.524 e. The van der Waals surface area contributed by atoms with Gasteiger partial charge in [0, 0.05) is 13.1 Å². The number of carbonyl (C=O) groups is 1. The molecule has 1 amide bonds. The molecule has 0 aliphatic heterocycles. The molecule has 0 unspecified atom stereocenters. The highest BCUT2D eigenvalue weighted by Crippen LogP contribution is 2.35. The molecule has 0 fully saturated rings. The monoisotopic (exact) mass is 181 g/mol. The maximum Gasteiger partial charge on any atom is 0.524 e. The third kappa shape index (κ3) is 7.05. The number of phosphoric acid groups is 1. The summed E-state index contributed by atoms with van der Waals surface area (Å²) in [5, 5.41) is 2.19. The molecular weight excluding hydrogens is 173 g/mol. The minimum atomic E-state index is -4.50. The van der Waals surface area contributed by atoms with Crippen molar-refractivity contribution in [3.8, 4) is 0 Å². The van der Waals surface area contributed by atoms with Gasteiger partial charge in [-0.05, 0) is 0 Å². The third-order valence-corrected chi connectivity index (χ3v) is 1.06. The predicted molar refractivity (Wildman–Crippen MR) is 36.3 cm³/mol. The van der Waals surface area contributed by atoms with Crippen LogP contribution in [-0.2, 0) is 13.9 Å². The lowest BCUT2D eigenvalue weighted by atomic mass is 10.6. The molecule has 0 aliphatic carbocycles. The number of rotatable bonds is 3. The molecule has 0 aromatic heterocycles. The Morgan fingerprint density at radius 3 is 2.55 bits per heavy atom. The van der Waals surface area contributed by atoms with E-state index in [1.54, 1.807) is 0 Å². The number of nitrogens with one attached hydrogen (secondary N) is 1. The molecule has 0 radical (unpaired) electrons. The molecule has 7 heteroatoms. The summed E-state index contributed by atoms with van der Waals surface area (Å²) < 4.78 is 13.8. The van der Waals surface area contributed by atoms with E-state index < -0.39 is 13.7 Å². The Morgan fingerprint density at radius 1 is 1.64 bits per heavy atom. The highest BCUT2D eigenvalue weighted by atomic mass is 31.2. The second kappa shape index (κ2) is 4.12. The maximum absolute atomic E-state index is 10.4. The smallest absolute Gasteiger partial charge is 0.412 e. The molecule has 0 atom stereocenters. The first-order chi connectivity index (χ1) is 4.95. The molecule has 0 saturated heterocycles. The van der Waals surface area contributed by atoms with Crippen molar-refractivity contribution < 1.29 is 23.7 Å². The van der Waals surface area contributed by atoms with Gasteiger partial charge in [0.2, 0.25) is 5.91 Å². The van der Waals surface area contributed by atoms with E-state index in [0.29, 0.717) is 6.26 Å². The van der Waals surface area contributed by atoms with Gasteiger partial charge in [-0.2, -0.15) is 0 Å². The second-order valence-corrected chi connectivity index (χ2v) is 2.70. The van der Waals surface area contributed by atoms with Crippen LogP contribution in [0, 0.1) is 0 Å². The summed E-state index contributed by atoms with van der Waals surface area (Å²) in [6.07, 6.45) is 1.50. The van der Waals surface area contributed by atoms with E-state index in [1.165, 1.54) is 7.05 Å². The zero-order valence-electron chi connectivity index (χ0n) is 5.72. The molecule has 64 valence electrons. The Hall–Kier alpha value is -0.840. The van der Waals surface area contributed by atoms with Gasteiger partial charge in [0.25, 0.3) is 0 Å². The van der Waals surface area contributed by atoms with E-state index in [9.17, 15) is 9.36 Å². The van der Waals surface area contributed by atoms with Gasteiger partial charge in [-0.25, -0.2) is 4.57 Å². The van der Waals surface area contributed by atoms with Gasteiger partial charge >= 0.3 is 7.82 Å². The van der Waals surface area contributed by atoms with E-state index in [2.05, 4.69) is 9.84 Å². The van der Waals surface area contributed by atoms with Gasteiger partial charge in [-0.3, -0.25) is 14.6 Å². The van der Waals surface area contributed by atoms with Crippen LogP contribution in [0.4, 0.5) is 0 Å². The van der Waals surface area contributed by atoms with E-state index in [-0.39, 0.29) is 0 Å². The van der Waals surface area contributed by atoms with Crippen molar-refractivity contribution in [2.45, 2.75) is 0 Å². The van der Waals surface area contributed by atoms with Gasteiger partial charge in [-0.1, -0.05) is 0 Å². The normalized spacial score (nSPS) is 11.5. The van der Waals surface area contributed by atoms with Crippen LogP contribution in [0.15, 0.2) is 12.3 Å². The summed E-state index contributed by atoms with van der Waals surface area (Å²) in [4.78, 5) is 26.6. The maximum atomic E-state index is 10.4. The van der Waals surface area contributed by atoms with Crippen molar-refractivity contribution in [3.63, 3.8) is 0 Å². The number of hydrogen-bond donors (Lipinski definition) is 3. The van der Waals surface area contributed by atoms with Crippen molar-refractivity contribution in [1.29, 1.82) is 0 Å². The molecule has 0 aromatic carbocycles. The first-order valence-corrected chi connectivity index (χ1v) is 4.11. The second-order valence-electron chi connectivity index (χ2n) is 1.51. The van der Waals surface area contributed by atoms with Crippen molar-refractivity contribution in [2.75, 3.05) is 7.05 Å². The average molecular weight is 181 g/mol. The zero-order chi connectivity index (χ0) is 8.91. The highest BCUT2D eigenvalue weighted by molar-refractivity contribution is 7.46. The minimum Gasteiger partial charge on any atom is -0.412 e. The van der Waals surface area contributed by atoms with Crippen LogP contribution in [0.5, 0.6) is 0 Å². The molecule has 3 N–H and O–H groups in total. The SMILES string of the molecule is CNC(=O)C=COP(=O)(O)O. The first kappa shape index (κ1) is 10.2. The zero-order valence-corrected chi connectivity index (χ0v) is 6.62. The highest BCUT2D eigenvalue weighted by Gasteiger charge is 2.11. The van der Waals surface area contributed by atoms with Crippen molar-refractivity contribution in [2.24, 2.45) is 0 Å². The Kier molecular flexibility index (Phi) is 3.81. The topological polar surface area (TPSA) is 95.9 Å². The van der Waals surface area contributed by atoms with Crippen LogP contribution in [0.25, 0.3) is 0 Å². The molecule has 0 aliphatic rings. The Labute approximate surface area is 63.1 Å². The number of hydrogen-bond acceptors (Lipinski definition) is 3. The van der Waals surface area contributed by atoms with Crippen LogP contribution in [0.2, 0.25) is 0 Å². The van der Waals surface area contributed by atoms with Gasteiger partial charge in [0.15, 0.2) is 0 Å². The number of likely N-dealkylation sites (N-methyl/N-ethyl adjacent to an activating group) is 1. The van der Waals surface area contributed by atoms with Gasteiger partial charge in [0.05, 0.1) is 0 Å². The van der Waals surface area contributed by atoms with E-state index in [0.717, 1.165) is 6.08 Å². The van der Waals surface area contributed by atoms with Crippen LogP contribution < -0.4 is 5.32 Å². The number of phosphoric ester groups is 1. The summed E-state index contributed by atoms with van der Waals surface area (Å²) >= 11 is 0. The predicted octanol–water partition coefficient (Wildman–Crippen LogP) is -0.645. The van der Waals surface area contributed by atoms with Crippen molar-refractivity contribution in [1.82, 2.24) is 5.32 Å². The van der Waals surface area contributed by atoms with Crippen molar-refractivity contribution in [3.05, 3.63) is 12.3 Å². The quantitative estimate of drug-likeness (QED) is 0.305. The van der Waals surface area contributed by atoms with Crippen LogP contribution in [0.3, 0.4) is 0 Å². The van der Waals surface area contributed by atoms with Crippen LogP contribution in [0.1, 0.15) is 0 Å². The van der Waals surface area contributed by atoms with Gasteiger partial charge in [0.1, 0.15) is 6.26 Å². The lowest BCUT2D eigenvalue weighted by Gasteiger charge is -1.98. The lowest BCUT2D eigenvalue weighted by molar-refractivity contribution is -0.116. The molecular formula is C4H8NO5P. The summed E-state index contributed by atoms with van der Waals surface area (Å²) in [5.41, 5.74) is 0. The lowest BCUT2D eigenvalue weighted by Crippen LogP contribution is -2.13. The molecule has 0 heterocycles. The molecule has 0 aromatic rings. The summed E-state index contributed by atoms with van der Waals surface area (Å²) in [7, 11) is -3.12. The van der Waals surface area contributed by atoms with Gasteiger partial charge < -0.3 is 9.84 Å². The number of amides is 1. The Balaban J connectivity index is 3.79. The standard InChI is InChI=1S/C4H8NO5P/c1-5-4(6)2-3-10-11(7,8)9/h2-3H,1H3,(H,5,6)(H2,7,8,9). The molecule has 0 spiro atoms. The van der Waals surface area contributed by atoms with E-state index in [4.69, 9.17) is 9.79 Å². The molecule has 6 nitrogen and oxygen atoms in total.